The molecular formula is C17H12FN3O5. The third kappa shape index (κ3) is 3.09. The number of ether oxygens (including phenoxy) is 2. The van der Waals surface area contributed by atoms with Gasteiger partial charge in [0.25, 0.3) is 5.91 Å². The van der Waals surface area contributed by atoms with E-state index in [-0.39, 0.29) is 22.8 Å². The van der Waals surface area contributed by atoms with Gasteiger partial charge in [0.05, 0.1) is 23.1 Å². The van der Waals surface area contributed by atoms with E-state index in [1.807, 2.05) is 0 Å². The summed E-state index contributed by atoms with van der Waals surface area (Å²) < 4.78 is 24.5. The van der Waals surface area contributed by atoms with Crippen LogP contribution < -0.4 is 15.2 Å². The Kier molecular flexibility index (Phi) is 4.36. The summed E-state index contributed by atoms with van der Waals surface area (Å²) in [5, 5.41) is 11.1. The number of hydrogen-bond acceptors (Lipinski definition) is 6. The zero-order chi connectivity index (χ0) is 18.8. The van der Waals surface area contributed by atoms with Crippen LogP contribution >= 0.6 is 0 Å². The predicted octanol–water partition coefficient (Wildman–Crippen LogP) is 3.18. The fraction of sp³-hybridized carbons (Fsp3) is 0.0588. The number of benzene rings is 2. The number of carbonyl (C=O) groups is 1. The largest absolute Gasteiger partial charge is 0.496 e. The lowest BCUT2D eigenvalue weighted by atomic mass is 10.1. The molecule has 2 aromatic carbocycles. The molecule has 1 amide bonds. The number of methoxy groups -OCH3 is 1. The Bertz CT molecular complexity index is 1040. The summed E-state index contributed by atoms with van der Waals surface area (Å²) in [5.41, 5.74) is 5.30. The highest BCUT2D eigenvalue weighted by Crippen LogP contribution is 2.34. The first-order valence-corrected chi connectivity index (χ1v) is 7.29. The van der Waals surface area contributed by atoms with E-state index in [2.05, 4.69) is 4.98 Å². The highest BCUT2D eigenvalue weighted by atomic mass is 19.1. The molecule has 0 saturated carbocycles. The van der Waals surface area contributed by atoms with Gasteiger partial charge in [-0.15, -0.1) is 0 Å². The zero-order valence-electron chi connectivity index (χ0n) is 13.4. The minimum Gasteiger partial charge on any atom is -0.496 e. The van der Waals surface area contributed by atoms with Gasteiger partial charge in [-0.05, 0) is 18.2 Å². The van der Waals surface area contributed by atoms with Crippen molar-refractivity contribution in [2.24, 2.45) is 5.73 Å². The summed E-state index contributed by atoms with van der Waals surface area (Å²) in [5.74, 6) is -1.13. The maximum Gasteiger partial charge on any atom is 0.305 e. The molecule has 26 heavy (non-hydrogen) atoms. The molecule has 1 heterocycles. The predicted molar refractivity (Wildman–Crippen MR) is 89.9 cm³/mol. The number of carbonyl (C=O) groups excluding carboxylic acids is 1. The topological polar surface area (TPSA) is 118 Å². The summed E-state index contributed by atoms with van der Waals surface area (Å²) in [6.07, 6.45) is 1.46. The van der Waals surface area contributed by atoms with Gasteiger partial charge in [0, 0.05) is 29.8 Å². The molecule has 0 saturated heterocycles. The molecule has 0 aliphatic rings. The molecule has 132 valence electrons. The van der Waals surface area contributed by atoms with E-state index >= 15 is 0 Å². The van der Waals surface area contributed by atoms with Gasteiger partial charge in [0.15, 0.2) is 0 Å². The third-order valence-electron chi connectivity index (χ3n) is 3.63. The zero-order valence-corrected chi connectivity index (χ0v) is 13.4. The Morgan fingerprint density at radius 1 is 1.23 bits per heavy atom. The van der Waals surface area contributed by atoms with Crippen LogP contribution in [-0.2, 0) is 0 Å². The number of fused-ring (bicyclic) bond motifs is 1. The van der Waals surface area contributed by atoms with E-state index in [1.54, 1.807) is 0 Å². The number of halogens is 1. The molecule has 0 atom stereocenters. The summed E-state index contributed by atoms with van der Waals surface area (Å²) in [7, 11) is 1.40. The number of aromatic nitrogens is 1. The Balaban J connectivity index is 2.08. The quantitative estimate of drug-likeness (QED) is 0.553. The lowest BCUT2D eigenvalue weighted by Gasteiger charge is -2.11. The first-order valence-electron chi connectivity index (χ1n) is 7.29. The van der Waals surface area contributed by atoms with Crippen molar-refractivity contribution in [3.8, 4) is 17.2 Å². The van der Waals surface area contributed by atoms with Gasteiger partial charge in [0.1, 0.15) is 17.2 Å². The minimum absolute atomic E-state index is 0.0528. The maximum absolute atomic E-state index is 13.8. The monoisotopic (exact) mass is 357 g/mol. The van der Waals surface area contributed by atoms with E-state index in [9.17, 15) is 19.3 Å². The number of pyridine rings is 1. The van der Waals surface area contributed by atoms with Crippen molar-refractivity contribution >= 4 is 22.5 Å². The molecule has 0 aliphatic carbocycles. The van der Waals surface area contributed by atoms with Crippen LogP contribution in [0.5, 0.6) is 17.2 Å². The third-order valence-corrected chi connectivity index (χ3v) is 3.63. The van der Waals surface area contributed by atoms with Crippen LogP contribution in [0.2, 0.25) is 0 Å². The molecule has 0 aliphatic heterocycles. The summed E-state index contributed by atoms with van der Waals surface area (Å²) >= 11 is 0. The van der Waals surface area contributed by atoms with Crippen molar-refractivity contribution in [3.05, 3.63) is 64.1 Å². The number of rotatable bonds is 5. The van der Waals surface area contributed by atoms with Gasteiger partial charge >= 0.3 is 5.69 Å². The molecule has 3 aromatic rings. The van der Waals surface area contributed by atoms with E-state index in [0.717, 1.165) is 12.1 Å². The van der Waals surface area contributed by atoms with E-state index < -0.39 is 22.3 Å². The molecule has 0 spiro atoms. The molecule has 8 nitrogen and oxygen atoms in total. The van der Waals surface area contributed by atoms with Crippen molar-refractivity contribution < 1.29 is 23.6 Å². The molecule has 9 heteroatoms. The van der Waals surface area contributed by atoms with Crippen molar-refractivity contribution in [3.63, 3.8) is 0 Å². The van der Waals surface area contributed by atoms with Gasteiger partial charge in [0.2, 0.25) is 5.82 Å². The fourth-order valence-electron chi connectivity index (χ4n) is 2.42. The van der Waals surface area contributed by atoms with Crippen LogP contribution in [0.15, 0.2) is 42.6 Å². The van der Waals surface area contributed by atoms with Crippen molar-refractivity contribution in [1.82, 2.24) is 4.98 Å². The van der Waals surface area contributed by atoms with Crippen molar-refractivity contribution in [1.29, 1.82) is 0 Å². The molecule has 0 bridgehead atoms. The average molecular weight is 357 g/mol. The van der Waals surface area contributed by atoms with E-state index in [4.69, 9.17) is 15.2 Å². The summed E-state index contributed by atoms with van der Waals surface area (Å²) in [4.78, 5) is 25.6. The van der Waals surface area contributed by atoms with Gasteiger partial charge < -0.3 is 15.2 Å². The Hall–Kier alpha value is -3.75. The molecule has 0 fully saturated rings. The Morgan fingerprint density at radius 3 is 2.62 bits per heavy atom. The lowest BCUT2D eigenvalue weighted by Crippen LogP contribution is -2.12. The molecular weight excluding hydrogens is 345 g/mol. The normalized spacial score (nSPS) is 10.5. The SMILES string of the molecule is COc1cc2nccc(Oc3ccc([N+](=O)[O-])c(F)c3)c2cc1C(N)=O. The van der Waals surface area contributed by atoms with Crippen molar-refractivity contribution in [2.75, 3.05) is 7.11 Å². The standard InChI is InChI=1S/C17H12FN3O5/c1-25-16-8-13-10(7-11(16)17(19)22)15(4-5-20-13)26-9-2-3-14(21(23)24)12(18)6-9/h2-8H,1H3,(H2,19,22). The number of primary amides is 1. The van der Waals surface area contributed by atoms with Crippen LogP contribution in [0.1, 0.15) is 10.4 Å². The van der Waals surface area contributed by atoms with Crippen LogP contribution in [0.25, 0.3) is 10.9 Å². The molecule has 0 radical (unpaired) electrons. The van der Waals surface area contributed by atoms with Crippen LogP contribution in [-0.4, -0.2) is 22.9 Å². The highest BCUT2D eigenvalue weighted by molar-refractivity contribution is 6.01. The number of nitrogens with two attached hydrogens (primary N) is 1. The van der Waals surface area contributed by atoms with Gasteiger partial charge in [-0.3, -0.25) is 19.9 Å². The number of nitrogens with zero attached hydrogens (tertiary/aromatic N) is 2. The fourth-order valence-corrected chi connectivity index (χ4v) is 2.42. The summed E-state index contributed by atoms with van der Waals surface area (Å²) in [6.45, 7) is 0. The second-order valence-electron chi connectivity index (χ2n) is 5.22. The van der Waals surface area contributed by atoms with Crippen LogP contribution in [0.3, 0.4) is 0 Å². The highest BCUT2D eigenvalue weighted by Gasteiger charge is 2.17. The first kappa shape index (κ1) is 17.1. The van der Waals surface area contributed by atoms with Gasteiger partial charge in [-0.25, -0.2) is 0 Å². The number of amides is 1. The van der Waals surface area contributed by atoms with Gasteiger partial charge in [-0.1, -0.05) is 0 Å². The minimum atomic E-state index is -1.02. The summed E-state index contributed by atoms with van der Waals surface area (Å²) in [6, 6.07) is 7.68. The Morgan fingerprint density at radius 2 is 2.00 bits per heavy atom. The second kappa shape index (κ2) is 6.63. The van der Waals surface area contributed by atoms with Crippen LogP contribution in [0, 0.1) is 15.9 Å². The molecule has 2 N–H and O–H groups in total. The van der Waals surface area contributed by atoms with Crippen molar-refractivity contribution in [2.45, 2.75) is 0 Å². The Labute approximate surface area is 146 Å². The van der Waals surface area contributed by atoms with E-state index in [0.29, 0.717) is 10.9 Å². The van der Waals surface area contributed by atoms with E-state index in [1.165, 1.54) is 37.6 Å². The lowest BCUT2D eigenvalue weighted by molar-refractivity contribution is -0.387. The van der Waals surface area contributed by atoms with Crippen LogP contribution in [0.4, 0.5) is 10.1 Å². The molecule has 3 rings (SSSR count). The number of nitro benzene ring substituents is 1. The smallest absolute Gasteiger partial charge is 0.305 e. The number of nitro groups is 1. The van der Waals surface area contributed by atoms with Gasteiger partial charge in [-0.2, -0.15) is 4.39 Å². The first-order chi connectivity index (χ1) is 12.4. The molecule has 0 unspecified atom stereocenters. The average Bonchev–Trinajstić information content (AvgIpc) is 2.60. The number of hydrogen-bond donors (Lipinski definition) is 1. The maximum atomic E-state index is 13.8. The second-order valence-corrected chi connectivity index (χ2v) is 5.22. The molecule has 1 aromatic heterocycles.